The molecule has 0 N–H and O–H groups in total. The molecule has 0 bridgehead atoms. The van der Waals surface area contributed by atoms with Gasteiger partial charge in [-0.15, -0.1) is 10.2 Å². The lowest BCUT2D eigenvalue weighted by Crippen LogP contribution is -2.25. The third kappa shape index (κ3) is 2.86. The zero-order valence-electron chi connectivity index (χ0n) is 12.5. The highest BCUT2D eigenvalue weighted by molar-refractivity contribution is 5.82. The van der Waals surface area contributed by atoms with Crippen LogP contribution in [0.1, 0.15) is 57.1 Å². The molecule has 1 unspecified atom stereocenters. The van der Waals surface area contributed by atoms with Gasteiger partial charge in [0.25, 0.3) is 0 Å². The van der Waals surface area contributed by atoms with Gasteiger partial charge in [-0.1, -0.05) is 44.5 Å². The first-order chi connectivity index (χ1) is 10.1. The summed E-state index contributed by atoms with van der Waals surface area (Å²) < 4.78 is 0. The van der Waals surface area contributed by atoms with Crippen LogP contribution in [0, 0.1) is 0 Å². The Bertz CT molecular complexity index is 630. The van der Waals surface area contributed by atoms with Crippen molar-refractivity contribution in [1.29, 1.82) is 0 Å². The minimum Gasteiger partial charge on any atom is -0.297 e. The van der Waals surface area contributed by atoms with Crippen LogP contribution < -0.4 is 0 Å². The van der Waals surface area contributed by atoms with Crippen molar-refractivity contribution in [3.8, 4) is 11.4 Å². The van der Waals surface area contributed by atoms with Gasteiger partial charge in [0.15, 0.2) is 5.78 Å². The lowest BCUT2D eigenvalue weighted by Gasteiger charge is -2.18. The summed E-state index contributed by atoms with van der Waals surface area (Å²) in [6.07, 6.45) is 3.48. The van der Waals surface area contributed by atoms with E-state index >= 15 is 0 Å². The van der Waals surface area contributed by atoms with E-state index in [4.69, 9.17) is 0 Å². The molecule has 1 saturated carbocycles. The Morgan fingerprint density at radius 1 is 1.19 bits per heavy atom. The number of carbonyl (C=O) groups is 1. The molecule has 21 heavy (non-hydrogen) atoms. The third-order valence-electron chi connectivity index (χ3n) is 4.06. The molecule has 0 amide bonds. The third-order valence-corrected chi connectivity index (χ3v) is 4.06. The molecular weight excluding hydrogens is 264 g/mol. The number of Topliss-reactive ketones (excluding diaryl/α,β-unsaturated/α-hetero) is 1. The van der Waals surface area contributed by atoms with Gasteiger partial charge in [-0.2, -0.15) is 4.80 Å². The number of aromatic nitrogens is 4. The van der Waals surface area contributed by atoms with Gasteiger partial charge in [0.05, 0.1) is 0 Å². The van der Waals surface area contributed by atoms with Crippen LogP contribution in [0.15, 0.2) is 24.3 Å². The largest absolute Gasteiger partial charge is 0.297 e. The number of carbonyl (C=O) groups excluding carboxylic acids is 1. The van der Waals surface area contributed by atoms with Gasteiger partial charge in [0, 0.05) is 12.0 Å². The lowest BCUT2D eigenvalue weighted by atomic mass is 9.95. The second kappa shape index (κ2) is 5.76. The first-order valence-corrected chi connectivity index (χ1v) is 7.57. The van der Waals surface area contributed by atoms with Crippen molar-refractivity contribution in [3.05, 3.63) is 29.8 Å². The predicted molar refractivity (Wildman–Crippen MR) is 79.9 cm³/mol. The SMILES string of the molecule is CC(C)c1ccc(-c2nnn(C3CCCCC3=O)n2)cc1. The quantitative estimate of drug-likeness (QED) is 0.868. The average molecular weight is 284 g/mol. The van der Waals surface area contributed by atoms with E-state index < -0.39 is 0 Å². The Labute approximate surface area is 124 Å². The normalized spacial score (nSPS) is 19.2. The molecule has 1 aromatic carbocycles. The van der Waals surface area contributed by atoms with E-state index in [2.05, 4.69) is 41.4 Å². The van der Waals surface area contributed by atoms with Crippen LogP contribution in [-0.4, -0.2) is 26.0 Å². The number of rotatable bonds is 3. The molecule has 1 aromatic heterocycles. The Morgan fingerprint density at radius 3 is 2.62 bits per heavy atom. The minimum absolute atomic E-state index is 0.223. The summed E-state index contributed by atoms with van der Waals surface area (Å²) in [5.74, 6) is 1.31. The number of hydrogen-bond acceptors (Lipinski definition) is 4. The summed E-state index contributed by atoms with van der Waals surface area (Å²) in [6, 6.07) is 7.98. The number of tetrazole rings is 1. The van der Waals surface area contributed by atoms with E-state index in [1.54, 1.807) is 0 Å². The van der Waals surface area contributed by atoms with Crippen molar-refractivity contribution in [2.24, 2.45) is 0 Å². The molecule has 1 fully saturated rings. The molecule has 110 valence electrons. The summed E-state index contributed by atoms with van der Waals surface area (Å²) in [5.41, 5.74) is 2.22. The van der Waals surface area contributed by atoms with Crippen molar-refractivity contribution in [3.63, 3.8) is 0 Å². The van der Waals surface area contributed by atoms with E-state index in [0.717, 1.165) is 24.8 Å². The summed E-state index contributed by atoms with van der Waals surface area (Å²) in [5, 5.41) is 12.6. The molecule has 0 radical (unpaired) electrons. The van der Waals surface area contributed by atoms with Crippen LogP contribution >= 0.6 is 0 Å². The summed E-state index contributed by atoms with van der Waals surface area (Å²) in [6.45, 7) is 4.33. The average Bonchev–Trinajstić information content (AvgIpc) is 2.97. The van der Waals surface area contributed by atoms with E-state index in [1.807, 2.05) is 12.1 Å². The van der Waals surface area contributed by atoms with E-state index in [0.29, 0.717) is 18.2 Å². The standard InChI is InChI=1S/C16H20N4O/c1-11(2)12-7-9-13(10-8-12)16-17-19-20(18-16)14-5-3-4-6-15(14)21/h7-11,14H,3-6H2,1-2H3. The van der Waals surface area contributed by atoms with Gasteiger partial charge >= 0.3 is 0 Å². The van der Waals surface area contributed by atoms with Crippen LogP contribution in [0.25, 0.3) is 11.4 Å². The zero-order chi connectivity index (χ0) is 14.8. The maximum atomic E-state index is 11.9. The minimum atomic E-state index is -0.227. The van der Waals surface area contributed by atoms with E-state index in [-0.39, 0.29) is 11.8 Å². The number of ketones is 1. The Balaban J connectivity index is 1.82. The molecule has 3 rings (SSSR count). The summed E-state index contributed by atoms with van der Waals surface area (Å²) in [4.78, 5) is 13.4. The maximum absolute atomic E-state index is 11.9. The number of hydrogen-bond donors (Lipinski definition) is 0. The lowest BCUT2D eigenvalue weighted by molar-refractivity contribution is -0.124. The molecule has 5 heteroatoms. The molecule has 1 aliphatic carbocycles. The monoisotopic (exact) mass is 284 g/mol. The molecule has 1 heterocycles. The Morgan fingerprint density at radius 2 is 1.95 bits per heavy atom. The van der Waals surface area contributed by atoms with Gasteiger partial charge in [-0.05, 0) is 29.5 Å². The Hall–Kier alpha value is -2.04. The highest BCUT2D eigenvalue weighted by Crippen LogP contribution is 2.25. The van der Waals surface area contributed by atoms with Gasteiger partial charge in [0.2, 0.25) is 5.82 Å². The van der Waals surface area contributed by atoms with Gasteiger partial charge in [0.1, 0.15) is 6.04 Å². The molecule has 0 spiro atoms. The van der Waals surface area contributed by atoms with Crippen molar-refractivity contribution < 1.29 is 4.79 Å². The predicted octanol–water partition coefficient (Wildman–Crippen LogP) is 3.15. The van der Waals surface area contributed by atoms with E-state index in [1.165, 1.54) is 10.4 Å². The second-order valence-corrected chi connectivity index (χ2v) is 5.94. The molecule has 0 aliphatic heterocycles. The highest BCUT2D eigenvalue weighted by atomic mass is 16.1. The summed E-state index contributed by atoms with van der Waals surface area (Å²) >= 11 is 0. The van der Waals surface area contributed by atoms with Gasteiger partial charge in [-0.25, -0.2) is 0 Å². The Kier molecular flexibility index (Phi) is 3.82. The van der Waals surface area contributed by atoms with Gasteiger partial charge < -0.3 is 0 Å². The maximum Gasteiger partial charge on any atom is 0.204 e. The fraction of sp³-hybridized carbons (Fsp3) is 0.500. The second-order valence-electron chi connectivity index (χ2n) is 5.94. The van der Waals surface area contributed by atoms with Crippen molar-refractivity contribution in [2.75, 3.05) is 0 Å². The van der Waals surface area contributed by atoms with Crippen molar-refractivity contribution >= 4 is 5.78 Å². The molecule has 1 aliphatic rings. The smallest absolute Gasteiger partial charge is 0.204 e. The number of benzene rings is 1. The topological polar surface area (TPSA) is 60.7 Å². The molecule has 0 saturated heterocycles. The van der Waals surface area contributed by atoms with Crippen LogP contribution in [0.2, 0.25) is 0 Å². The van der Waals surface area contributed by atoms with Gasteiger partial charge in [-0.3, -0.25) is 4.79 Å². The molecule has 2 aromatic rings. The van der Waals surface area contributed by atoms with E-state index in [9.17, 15) is 4.79 Å². The highest BCUT2D eigenvalue weighted by Gasteiger charge is 2.26. The molecular formula is C16H20N4O. The fourth-order valence-electron chi connectivity index (χ4n) is 2.70. The van der Waals surface area contributed by atoms with Crippen molar-refractivity contribution in [1.82, 2.24) is 20.2 Å². The molecule has 5 nitrogen and oxygen atoms in total. The zero-order valence-corrected chi connectivity index (χ0v) is 12.5. The first-order valence-electron chi connectivity index (χ1n) is 7.57. The first kappa shape index (κ1) is 13.9. The fourth-order valence-corrected chi connectivity index (χ4v) is 2.70. The molecule has 1 atom stereocenters. The van der Waals surface area contributed by atoms with Crippen LogP contribution in [-0.2, 0) is 4.79 Å². The van der Waals surface area contributed by atoms with Crippen molar-refractivity contribution in [2.45, 2.75) is 51.5 Å². The number of nitrogens with zero attached hydrogens (tertiary/aromatic N) is 4. The summed E-state index contributed by atoms with van der Waals surface area (Å²) in [7, 11) is 0. The van der Waals surface area contributed by atoms with Crippen LogP contribution in [0.5, 0.6) is 0 Å². The van der Waals surface area contributed by atoms with Crippen LogP contribution in [0.4, 0.5) is 0 Å². The van der Waals surface area contributed by atoms with Crippen LogP contribution in [0.3, 0.4) is 0 Å².